The Balaban J connectivity index is 1.47. The van der Waals surface area contributed by atoms with Crippen LogP contribution < -0.4 is 14.4 Å². The Morgan fingerprint density at radius 1 is 1.20 bits per heavy atom. The Morgan fingerprint density at radius 2 is 2.00 bits per heavy atom. The number of benzene rings is 2. The van der Waals surface area contributed by atoms with Gasteiger partial charge in [-0.25, -0.2) is 13.1 Å². The zero-order chi connectivity index (χ0) is 32.9. The molecule has 2 bridgehead atoms. The van der Waals surface area contributed by atoms with E-state index in [1.165, 1.54) is 11.1 Å². The van der Waals surface area contributed by atoms with Gasteiger partial charge in [0.15, 0.2) is 0 Å². The zero-order valence-electron chi connectivity index (χ0n) is 26.6. The molecule has 0 unspecified atom stereocenters. The number of nitrogens with one attached hydrogen (secondary N) is 1. The van der Waals surface area contributed by atoms with Crippen LogP contribution in [0.1, 0.15) is 73.9 Å². The molecule has 248 valence electrons. The van der Waals surface area contributed by atoms with Crippen LogP contribution in [0.15, 0.2) is 48.6 Å². The summed E-state index contributed by atoms with van der Waals surface area (Å²) in [6.45, 7) is 5.05. The van der Waals surface area contributed by atoms with Gasteiger partial charge in [-0.3, -0.25) is 9.59 Å². The average molecular weight is 671 g/mol. The van der Waals surface area contributed by atoms with Gasteiger partial charge >= 0.3 is 5.97 Å². The third kappa shape index (κ3) is 6.04. The third-order valence-corrected chi connectivity index (χ3v) is 13.2. The number of amides is 1. The van der Waals surface area contributed by atoms with E-state index in [0.29, 0.717) is 36.9 Å². The van der Waals surface area contributed by atoms with E-state index in [0.717, 1.165) is 37.8 Å². The number of carbonyl (C=O) groups is 2. The molecule has 0 radical (unpaired) electrons. The van der Waals surface area contributed by atoms with Gasteiger partial charge in [-0.2, -0.15) is 0 Å². The van der Waals surface area contributed by atoms with Crippen LogP contribution in [0.4, 0.5) is 5.69 Å². The average Bonchev–Trinajstić information content (AvgIpc) is 3.14. The normalized spacial score (nSPS) is 33.0. The van der Waals surface area contributed by atoms with Gasteiger partial charge in [-0.1, -0.05) is 36.7 Å². The molecule has 0 aromatic heterocycles. The smallest absolute Gasteiger partial charge is 0.306 e. The minimum Gasteiger partial charge on any atom is -0.490 e. The van der Waals surface area contributed by atoms with Gasteiger partial charge in [-0.15, -0.1) is 0 Å². The number of allylic oxidation sites excluding steroid dienone is 1. The van der Waals surface area contributed by atoms with Crippen LogP contribution in [0.25, 0.3) is 0 Å². The van der Waals surface area contributed by atoms with Crippen LogP contribution in [0, 0.1) is 17.8 Å². The number of sulfonamides is 1. The summed E-state index contributed by atoms with van der Waals surface area (Å²) in [5.41, 5.74) is 1.99. The highest BCUT2D eigenvalue weighted by Crippen LogP contribution is 2.50. The van der Waals surface area contributed by atoms with Crippen LogP contribution in [0.2, 0.25) is 5.02 Å². The number of aliphatic carboxylic acids is 1. The van der Waals surface area contributed by atoms with Crippen molar-refractivity contribution in [1.82, 2.24) is 4.72 Å². The highest BCUT2D eigenvalue weighted by Gasteiger charge is 2.50. The summed E-state index contributed by atoms with van der Waals surface area (Å²) in [6, 6.07) is 11.2. The van der Waals surface area contributed by atoms with E-state index < -0.39 is 32.8 Å². The number of anilines is 1. The van der Waals surface area contributed by atoms with Gasteiger partial charge in [-0.05, 0) is 105 Å². The van der Waals surface area contributed by atoms with Crippen molar-refractivity contribution in [3.8, 4) is 5.75 Å². The lowest BCUT2D eigenvalue weighted by Crippen LogP contribution is -2.53. The Kier molecular flexibility index (Phi) is 8.93. The van der Waals surface area contributed by atoms with Crippen molar-refractivity contribution in [3.63, 3.8) is 0 Å². The first-order chi connectivity index (χ1) is 21.9. The highest BCUT2D eigenvalue weighted by atomic mass is 35.5. The molecule has 1 fully saturated rings. The molecule has 11 heteroatoms. The van der Waals surface area contributed by atoms with Crippen LogP contribution in [-0.4, -0.2) is 63.1 Å². The second kappa shape index (κ2) is 12.5. The maximum absolute atomic E-state index is 13.4. The first-order valence-corrected chi connectivity index (χ1v) is 18.1. The van der Waals surface area contributed by atoms with Crippen LogP contribution in [-0.2, 0) is 31.4 Å². The van der Waals surface area contributed by atoms with E-state index in [-0.39, 0.29) is 35.2 Å². The summed E-state index contributed by atoms with van der Waals surface area (Å²) in [7, 11) is -2.45. The molecule has 6 rings (SSSR count). The first-order valence-electron chi connectivity index (χ1n) is 16.2. The number of hydrogen-bond donors (Lipinski definition) is 2. The molecule has 1 amide bonds. The van der Waals surface area contributed by atoms with E-state index in [4.69, 9.17) is 21.1 Å². The van der Waals surface area contributed by atoms with Gasteiger partial charge in [0.1, 0.15) is 5.75 Å². The van der Waals surface area contributed by atoms with E-state index in [1.807, 2.05) is 31.2 Å². The second-order valence-corrected chi connectivity index (χ2v) is 16.2. The number of ether oxygens (including phenoxy) is 2. The molecule has 1 spiro atoms. The highest BCUT2D eigenvalue weighted by molar-refractivity contribution is 7.90. The van der Waals surface area contributed by atoms with Crippen molar-refractivity contribution in [3.05, 3.63) is 70.3 Å². The Hall–Kier alpha value is -3.08. The van der Waals surface area contributed by atoms with Crippen molar-refractivity contribution in [2.45, 2.75) is 75.1 Å². The molecule has 9 nitrogen and oxygen atoms in total. The molecule has 2 N–H and O–H groups in total. The molecular weight excluding hydrogens is 628 g/mol. The van der Waals surface area contributed by atoms with Crippen molar-refractivity contribution in [2.24, 2.45) is 17.8 Å². The van der Waals surface area contributed by atoms with Gasteiger partial charge in [0, 0.05) is 36.2 Å². The molecule has 2 heterocycles. The fourth-order valence-electron chi connectivity index (χ4n) is 8.07. The Bertz CT molecular complexity index is 1660. The summed E-state index contributed by atoms with van der Waals surface area (Å²) in [4.78, 5) is 27.9. The van der Waals surface area contributed by atoms with Gasteiger partial charge in [0.2, 0.25) is 10.0 Å². The maximum Gasteiger partial charge on any atom is 0.306 e. The molecule has 6 atom stereocenters. The molecule has 2 aromatic rings. The molecule has 2 aliphatic carbocycles. The Labute approximate surface area is 276 Å². The standard InChI is InChI=1S/C35H43ClN2O7S/c1-22-6-4-15-35(44-3,18-32(39)40)29-11-8-26(29)19-38-20-34(14-5-7-24-16-27(36)10-12-28(24)34)21-45-31-13-9-25(17-30(31)38)33(41)37-46(42,43)23(22)2/h4,9-10,12-13,15-17,22-23,26,29H,5-8,11,14,18-21H2,1-3H3,(H,37,41)(H,39,40)/b15-4-/t22-,23+,26-,29+,34-,35-/m0/s1. The molecular formula is C35H43ClN2O7S. The molecule has 4 aliphatic rings. The fraction of sp³-hybridized carbons (Fsp3) is 0.543. The molecule has 46 heavy (non-hydrogen) atoms. The van der Waals surface area contributed by atoms with E-state index in [1.54, 1.807) is 32.2 Å². The number of carbonyl (C=O) groups excluding carboxylic acids is 1. The number of methoxy groups -OCH3 is 1. The number of rotatable bonds is 3. The lowest BCUT2D eigenvalue weighted by Gasteiger charge is -2.50. The minimum atomic E-state index is -4.01. The lowest BCUT2D eigenvalue weighted by atomic mass is 9.63. The minimum absolute atomic E-state index is 0.0679. The van der Waals surface area contributed by atoms with Crippen LogP contribution in [0.5, 0.6) is 5.75 Å². The maximum atomic E-state index is 13.4. The van der Waals surface area contributed by atoms with Crippen LogP contribution in [0.3, 0.4) is 0 Å². The quantitative estimate of drug-likeness (QED) is 0.397. The number of hydrogen-bond acceptors (Lipinski definition) is 7. The first kappa shape index (κ1) is 32.8. The number of carboxylic acid groups (broad SMARTS) is 1. The van der Waals surface area contributed by atoms with Crippen molar-refractivity contribution in [1.29, 1.82) is 0 Å². The van der Waals surface area contributed by atoms with Gasteiger partial charge < -0.3 is 19.5 Å². The topological polar surface area (TPSA) is 122 Å². The van der Waals surface area contributed by atoms with Crippen molar-refractivity contribution < 1.29 is 32.6 Å². The molecule has 2 aliphatic heterocycles. The largest absolute Gasteiger partial charge is 0.490 e. The fourth-order valence-corrected chi connectivity index (χ4v) is 9.55. The second-order valence-electron chi connectivity index (χ2n) is 13.8. The molecule has 1 saturated carbocycles. The number of carboxylic acids is 1. The SMILES string of the molecule is CO[C@]1(CC(=O)O)/C=C\C[C@H](C)[C@@H](C)S(=O)(=O)NC(=O)c2ccc3c(c2)N(C[C@@H]2CC[C@H]21)C[C@@]1(CCCc2cc(Cl)ccc21)CO3. The van der Waals surface area contributed by atoms with Gasteiger partial charge in [0.05, 0.1) is 29.6 Å². The summed E-state index contributed by atoms with van der Waals surface area (Å²) in [5, 5.41) is 9.83. The Morgan fingerprint density at radius 3 is 2.72 bits per heavy atom. The van der Waals surface area contributed by atoms with Crippen molar-refractivity contribution >= 4 is 39.2 Å². The van der Waals surface area contributed by atoms with Crippen LogP contribution >= 0.6 is 11.6 Å². The number of aryl methyl sites for hydroxylation is 1. The molecule has 2 aromatic carbocycles. The third-order valence-electron chi connectivity index (χ3n) is 11.0. The van der Waals surface area contributed by atoms with E-state index in [9.17, 15) is 23.1 Å². The predicted molar refractivity (Wildman–Crippen MR) is 177 cm³/mol. The van der Waals surface area contributed by atoms with E-state index in [2.05, 4.69) is 15.7 Å². The van der Waals surface area contributed by atoms with E-state index >= 15 is 0 Å². The summed E-state index contributed by atoms with van der Waals surface area (Å²) in [6.07, 6.45) is 8.42. The summed E-state index contributed by atoms with van der Waals surface area (Å²) >= 11 is 6.41. The zero-order valence-corrected chi connectivity index (χ0v) is 28.2. The summed E-state index contributed by atoms with van der Waals surface area (Å²) < 4.78 is 41.6. The number of fused-ring (bicyclic) bond motifs is 4. The number of nitrogens with zero attached hydrogens (tertiary/aromatic N) is 1. The van der Waals surface area contributed by atoms with Gasteiger partial charge in [0.25, 0.3) is 5.91 Å². The monoisotopic (exact) mass is 670 g/mol. The summed E-state index contributed by atoms with van der Waals surface area (Å²) in [5.74, 6) is -1.30. The van der Waals surface area contributed by atoms with Crippen molar-refractivity contribution in [2.75, 3.05) is 31.7 Å². The predicted octanol–water partition coefficient (Wildman–Crippen LogP) is 5.74. The molecule has 0 saturated heterocycles. The lowest BCUT2D eigenvalue weighted by molar-refractivity contribution is -0.148. The number of halogens is 1.